The van der Waals surface area contributed by atoms with E-state index in [4.69, 9.17) is 0 Å². The Morgan fingerprint density at radius 2 is 1.89 bits per heavy atom. The van der Waals surface area contributed by atoms with Gasteiger partial charge in [0, 0.05) is 23.7 Å². The molecule has 0 saturated carbocycles. The highest BCUT2D eigenvalue weighted by atomic mass is 19.4. The molecular weight excluding hydrogens is 255 g/mol. The number of rotatable bonds is 1. The number of nitrogens with zero attached hydrogens (tertiary/aromatic N) is 2. The molecule has 0 radical (unpaired) electrons. The van der Waals surface area contributed by atoms with Crippen molar-refractivity contribution in [1.29, 1.82) is 0 Å². The highest BCUT2D eigenvalue weighted by molar-refractivity contribution is 5.32. The highest BCUT2D eigenvalue weighted by Gasteiger charge is 2.44. The molecule has 1 heterocycles. The van der Waals surface area contributed by atoms with Gasteiger partial charge in [-0.15, -0.1) is 0 Å². The zero-order valence-electron chi connectivity index (χ0n) is 9.98. The molecule has 0 aromatic carbocycles. The first-order valence-corrected chi connectivity index (χ1v) is 5.67. The molecule has 0 bridgehead atoms. The molecule has 1 aromatic heterocycles. The van der Waals surface area contributed by atoms with Crippen molar-refractivity contribution >= 4 is 0 Å². The molecule has 1 aliphatic rings. The van der Waals surface area contributed by atoms with Gasteiger partial charge in [0.05, 0.1) is 6.42 Å². The molecule has 0 aliphatic heterocycles. The summed E-state index contributed by atoms with van der Waals surface area (Å²) in [4.78, 5) is 0. The number of hydrogen-bond donors (Lipinski definition) is 0. The van der Waals surface area contributed by atoms with Crippen molar-refractivity contribution in [1.82, 2.24) is 9.78 Å². The number of aromatic nitrogens is 2. The number of alkyl halides is 5. The first kappa shape index (κ1) is 13.3. The molecule has 0 atom stereocenters. The van der Waals surface area contributed by atoms with E-state index in [1.165, 1.54) is 0 Å². The van der Waals surface area contributed by atoms with Crippen LogP contribution in [0.4, 0.5) is 22.0 Å². The van der Waals surface area contributed by atoms with Gasteiger partial charge in [-0.05, 0) is 20.3 Å². The minimum absolute atomic E-state index is 0.0218. The SMILES string of the molecule is CC(C)n1nc(C(F)(F)F)c2c1CC(F)(F)CC2. The molecule has 0 spiro atoms. The first-order chi connectivity index (χ1) is 8.12. The van der Waals surface area contributed by atoms with E-state index in [-0.39, 0.29) is 23.7 Å². The van der Waals surface area contributed by atoms with E-state index < -0.39 is 30.6 Å². The lowest BCUT2D eigenvalue weighted by atomic mass is 9.92. The average molecular weight is 268 g/mol. The maximum atomic E-state index is 13.3. The molecule has 0 saturated heterocycles. The van der Waals surface area contributed by atoms with E-state index in [9.17, 15) is 22.0 Å². The van der Waals surface area contributed by atoms with Crippen molar-refractivity contribution < 1.29 is 22.0 Å². The summed E-state index contributed by atoms with van der Waals surface area (Å²) < 4.78 is 66.0. The lowest BCUT2D eigenvalue weighted by Crippen LogP contribution is -2.28. The van der Waals surface area contributed by atoms with Gasteiger partial charge in [-0.2, -0.15) is 18.3 Å². The minimum Gasteiger partial charge on any atom is -0.266 e. The number of fused-ring (bicyclic) bond motifs is 1. The van der Waals surface area contributed by atoms with E-state index in [1.54, 1.807) is 13.8 Å². The maximum Gasteiger partial charge on any atom is 0.435 e. The third-order valence-corrected chi connectivity index (χ3v) is 3.04. The molecule has 2 nitrogen and oxygen atoms in total. The zero-order valence-corrected chi connectivity index (χ0v) is 9.98. The largest absolute Gasteiger partial charge is 0.435 e. The van der Waals surface area contributed by atoms with Crippen molar-refractivity contribution in [3.63, 3.8) is 0 Å². The van der Waals surface area contributed by atoms with Gasteiger partial charge in [0.25, 0.3) is 5.92 Å². The molecule has 18 heavy (non-hydrogen) atoms. The maximum absolute atomic E-state index is 13.3. The van der Waals surface area contributed by atoms with Crippen molar-refractivity contribution in [3.05, 3.63) is 17.0 Å². The summed E-state index contributed by atoms with van der Waals surface area (Å²) in [5.74, 6) is -2.94. The second kappa shape index (κ2) is 3.93. The Balaban J connectivity index is 2.56. The summed E-state index contributed by atoms with van der Waals surface area (Å²) in [5, 5.41) is 3.49. The smallest absolute Gasteiger partial charge is 0.266 e. The van der Waals surface area contributed by atoms with E-state index in [2.05, 4.69) is 5.10 Å². The van der Waals surface area contributed by atoms with Crippen LogP contribution in [0, 0.1) is 0 Å². The van der Waals surface area contributed by atoms with Crippen LogP contribution in [0.5, 0.6) is 0 Å². The predicted octanol–water partition coefficient (Wildman–Crippen LogP) is 3.61. The van der Waals surface area contributed by atoms with Gasteiger partial charge >= 0.3 is 6.18 Å². The normalized spacial score (nSPS) is 19.1. The molecule has 0 unspecified atom stereocenters. The predicted molar refractivity (Wildman–Crippen MR) is 54.6 cm³/mol. The number of halogens is 5. The van der Waals surface area contributed by atoms with Crippen molar-refractivity contribution in [2.45, 2.75) is 51.3 Å². The lowest BCUT2D eigenvalue weighted by Gasteiger charge is -2.24. The Labute approximate surface area is 101 Å². The molecule has 0 N–H and O–H groups in total. The van der Waals surface area contributed by atoms with Crippen LogP contribution >= 0.6 is 0 Å². The van der Waals surface area contributed by atoms with E-state index in [0.717, 1.165) is 4.68 Å². The zero-order chi connectivity index (χ0) is 13.7. The van der Waals surface area contributed by atoms with Crippen LogP contribution in [0.1, 0.15) is 43.3 Å². The Morgan fingerprint density at radius 1 is 1.28 bits per heavy atom. The molecule has 1 aromatic rings. The quantitative estimate of drug-likeness (QED) is 0.711. The van der Waals surface area contributed by atoms with Crippen LogP contribution in [-0.4, -0.2) is 15.7 Å². The van der Waals surface area contributed by atoms with Crippen molar-refractivity contribution in [2.75, 3.05) is 0 Å². The average Bonchev–Trinajstić information content (AvgIpc) is 2.53. The van der Waals surface area contributed by atoms with Gasteiger partial charge in [-0.25, -0.2) is 8.78 Å². The molecule has 0 amide bonds. The summed E-state index contributed by atoms with van der Waals surface area (Å²) in [5.41, 5.74) is -1.06. The molecule has 1 aliphatic carbocycles. The van der Waals surface area contributed by atoms with E-state index in [0.29, 0.717) is 0 Å². The van der Waals surface area contributed by atoms with Gasteiger partial charge in [0.1, 0.15) is 0 Å². The lowest BCUT2D eigenvalue weighted by molar-refractivity contribution is -0.142. The molecule has 0 fully saturated rings. The monoisotopic (exact) mass is 268 g/mol. The Hall–Kier alpha value is -1.14. The van der Waals surface area contributed by atoms with Gasteiger partial charge in [-0.3, -0.25) is 4.68 Å². The standard InChI is InChI=1S/C11H13F5N2/c1-6(2)18-8-5-10(12,13)4-3-7(8)9(17-18)11(14,15)16/h6H,3-5H2,1-2H3. The fourth-order valence-corrected chi connectivity index (χ4v) is 2.25. The Kier molecular flexibility index (Phi) is 2.90. The topological polar surface area (TPSA) is 17.8 Å². The van der Waals surface area contributed by atoms with Crippen LogP contribution in [-0.2, 0) is 19.0 Å². The molecular formula is C11H13F5N2. The summed E-state index contributed by atoms with van der Waals surface area (Å²) in [6.07, 6.45) is -6.07. The van der Waals surface area contributed by atoms with E-state index >= 15 is 0 Å². The summed E-state index contributed by atoms with van der Waals surface area (Å²) in [6.45, 7) is 3.25. The third-order valence-electron chi connectivity index (χ3n) is 3.04. The number of hydrogen-bond acceptors (Lipinski definition) is 1. The Morgan fingerprint density at radius 3 is 2.39 bits per heavy atom. The second-order valence-corrected chi connectivity index (χ2v) is 4.84. The summed E-state index contributed by atoms with van der Waals surface area (Å²) in [7, 11) is 0. The van der Waals surface area contributed by atoms with Gasteiger partial charge in [-0.1, -0.05) is 0 Å². The highest BCUT2D eigenvalue weighted by Crippen LogP contribution is 2.40. The van der Waals surface area contributed by atoms with E-state index in [1.807, 2.05) is 0 Å². The minimum atomic E-state index is -4.59. The van der Waals surface area contributed by atoms with Crippen molar-refractivity contribution in [3.8, 4) is 0 Å². The first-order valence-electron chi connectivity index (χ1n) is 5.67. The molecule has 102 valence electrons. The summed E-state index contributed by atoms with van der Waals surface area (Å²) in [6, 6.07) is -0.372. The van der Waals surface area contributed by atoms with Gasteiger partial charge < -0.3 is 0 Å². The molecule has 7 heteroatoms. The van der Waals surface area contributed by atoms with Crippen LogP contribution < -0.4 is 0 Å². The van der Waals surface area contributed by atoms with Gasteiger partial charge in [0.15, 0.2) is 5.69 Å². The fourth-order valence-electron chi connectivity index (χ4n) is 2.25. The van der Waals surface area contributed by atoms with Crippen LogP contribution in [0.2, 0.25) is 0 Å². The molecule has 2 rings (SSSR count). The van der Waals surface area contributed by atoms with Crippen LogP contribution in [0.15, 0.2) is 0 Å². The van der Waals surface area contributed by atoms with Crippen LogP contribution in [0.25, 0.3) is 0 Å². The second-order valence-electron chi connectivity index (χ2n) is 4.84. The van der Waals surface area contributed by atoms with Crippen LogP contribution in [0.3, 0.4) is 0 Å². The van der Waals surface area contributed by atoms with Crippen molar-refractivity contribution in [2.24, 2.45) is 0 Å². The fraction of sp³-hybridized carbons (Fsp3) is 0.727. The summed E-state index contributed by atoms with van der Waals surface area (Å²) >= 11 is 0. The Bertz CT molecular complexity index is 459. The van der Waals surface area contributed by atoms with Gasteiger partial charge in [0.2, 0.25) is 0 Å². The third kappa shape index (κ3) is 2.22.